The summed E-state index contributed by atoms with van der Waals surface area (Å²) in [6, 6.07) is 15.7. The number of aryl methyl sites for hydroxylation is 2. The molecule has 0 amide bonds. The minimum atomic E-state index is -4.53. The van der Waals surface area contributed by atoms with Crippen LogP contribution in [0.1, 0.15) is 47.9 Å². The molecule has 2 aromatic carbocycles. The molecule has 8 heteroatoms. The quantitative estimate of drug-likeness (QED) is 0.373. The number of aromatic nitrogens is 1. The highest BCUT2D eigenvalue weighted by molar-refractivity contribution is 5.68. The van der Waals surface area contributed by atoms with Crippen LogP contribution in [0.4, 0.5) is 19.0 Å². The maximum absolute atomic E-state index is 13.7. The van der Waals surface area contributed by atoms with E-state index in [4.69, 9.17) is 9.84 Å². The van der Waals surface area contributed by atoms with E-state index in [2.05, 4.69) is 4.98 Å². The van der Waals surface area contributed by atoms with Gasteiger partial charge >= 0.3 is 12.1 Å². The molecule has 1 N–H and O–H groups in total. The molecule has 0 bridgehead atoms. The normalized spacial score (nSPS) is 15.0. The Morgan fingerprint density at radius 3 is 2.56 bits per heavy atom. The van der Waals surface area contributed by atoms with Gasteiger partial charge < -0.3 is 14.7 Å². The number of rotatable bonds is 9. The molecule has 1 aromatic heterocycles. The molecule has 1 heterocycles. The molecule has 0 saturated heterocycles. The van der Waals surface area contributed by atoms with Crippen LogP contribution in [-0.4, -0.2) is 36.3 Å². The molecule has 1 atom stereocenters. The number of carboxylic acid groups (broad SMARTS) is 1. The first-order chi connectivity index (χ1) is 17.2. The maximum atomic E-state index is 13.7. The van der Waals surface area contributed by atoms with Crippen molar-refractivity contribution in [3.8, 4) is 17.0 Å². The molecule has 4 rings (SSSR count). The van der Waals surface area contributed by atoms with Crippen molar-refractivity contribution in [3.05, 3.63) is 76.9 Å². The Morgan fingerprint density at radius 2 is 1.89 bits per heavy atom. The van der Waals surface area contributed by atoms with Crippen LogP contribution in [-0.2, 0) is 23.8 Å². The lowest BCUT2D eigenvalue weighted by atomic mass is 9.98. The number of alkyl halides is 3. The third kappa shape index (κ3) is 5.80. The van der Waals surface area contributed by atoms with Gasteiger partial charge in [-0.2, -0.15) is 13.2 Å². The van der Waals surface area contributed by atoms with Gasteiger partial charge in [-0.05, 0) is 66.1 Å². The summed E-state index contributed by atoms with van der Waals surface area (Å²) >= 11 is 0. The van der Waals surface area contributed by atoms with Gasteiger partial charge in [0.2, 0.25) is 0 Å². The molecule has 5 nitrogen and oxygen atoms in total. The van der Waals surface area contributed by atoms with Gasteiger partial charge in [0.1, 0.15) is 18.2 Å². The highest BCUT2D eigenvalue weighted by atomic mass is 19.4. The zero-order valence-electron chi connectivity index (χ0n) is 20.3. The number of pyridine rings is 1. The number of hydrogen-bond acceptors (Lipinski definition) is 4. The third-order valence-electron chi connectivity index (χ3n) is 6.63. The Bertz CT molecular complexity index is 1230. The van der Waals surface area contributed by atoms with Gasteiger partial charge in [-0.25, -0.2) is 4.98 Å². The van der Waals surface area contributed by atoms with Crippen molar-refractivity contribution >= 4 is 11.8 Å². The van der Waals surface area contributed by atoms with E-state index in [9.17, 15) is 18.0 Å². The van der Waals surface area contributed by atoms with Crippen LogP contribution in [0, 0.1) is 0 Å². The lowest BCUT2D eigenvalue weighted by molar-refractivity contribution is -0.138. The van der Waals surface area contributed by atoms with E-state index in [-0.39, 0.29) is 31.3 Å². The fraction of sp³-hybridized carbons (Fsp3) is 0.357. The van der Waals surface area contributed by atoms with Crippen molar-refractivity contribution in [3.63, 3.8) is 0 Å². The lowest BCUT2D eigenvalue weighted by Crippen LogP contribution is -2.27. The largest absolute Gasteiger partial charge is 0.492 e. The van der Waals surface area contributed by atoms with E-state index >= 15 is 0 Å². The van der Waals surface area contributed by atoms with Gasteiger partial charge in [0.05, 0.1) is 24.2 Å². The average Bonchev–Trinajstić information content (AvgIpc) is 3.24. The molecule has 1 aliphatic carbocycles. The molecular formula is C28H29F3N2O3. The summed E-state index contributed by atoms with van der Waals surface area (Å²) in [6.07, 6.45) is -1.97. The van der Waals surface area contributed by atoms with Gasteiger partial charge in [0.25, 0.3) is 0 Å². The van der Waals surface area contributed by atoms with E-state index in [1.54, 1.807) is 13.1 Å². The standard InChI is InChI=1S/C28H29F3N2O3/c1-3-18-4-6-19(7-5-18)25-13-12-24(28(29,30)31)27(32-25)33(2)14-15-36-22-10-11-23-20(16-22)8-9-21(23)17-26(34)35/h4-7,10-13,16,21H,3,8-9,14-15,17H2,1-2H3,(H,34,35)/t21-/m0/s1. The molecule has 0 spiro atoms. The van der Waals surface area contributed by atoms with Crippen molar-refractivity contribution in [2.45, 2.75) is 44.7 Å². The third-order valence-corrected chi connectivity index (χ3v) is 6.63. The predicted molar refractivity (Wildman–Crippen MR) is 133 cm³/mol. The molecular weight excluding hydrogens is 469 g/mol. The molecule has 0 fully saturated rings. The highest BCUT2D eigenvalue weighted by Crippen LogP contribution is 2.38. The first kappa shape index (κ1) is 25.5. The Morgan fingerprint density at radius 1 is 1.14 bits per heavy atom. The predicted octanol–water partition coefficient (Wildman–Crippen LogP) is 6.35. The van der Waals surface area contributed by atoms with Crippen LogP contribution < -0.4 is 9.64 Å². The summed E-state index contributed by atoms with van der Waals surface area (Å²) in [5, 5.41) is 9.08. The molecule has 36 heavy (non-hydrogen) atoms. The zero-order chi connectivity index (χ0) is 25.9. The van der Waals surface area contributed by atoms with Crippen LogP contribution in [0.5, 0.6) is 5.75 Å². The fourth-order valence-electron chi connectivity index (χ4n) is 4.63. The summed E-state index contributed by atoms with van der Waals surface area (Å²) in [5.74, 6) is -0.333. The number of halogens is 3. The molecule has 0 unspecified atom stereocenters. The van der Waals surface area contributed by atoms with Crippen molar-refractivity contribution in [2.75, 3.05) is 25.1 Å². The van der Waals surface area contributed by atoms with Crippen LogP contribution in [0.15, 0.2) is 54.6 Å². The second-order valence-electron chi connectivity index (χ2n) is 9.08. The van der Waals surface area contributed by atoms with Crippen molar-refractivity contribution in [1.29, 1.82) is 0 Å². The molecule has 3 aromatic rings. The van der Waals surface area contributed by atoms with Gasteiger partial charge in [0.15, 0.2) is 0 Å². The number of aliphatic carboxylic acids is 1. The highest BCUT2D eigenvalue weighted by Gasteiger charge is 2.35. The van der Waals surface area contributed by atoms with Gasteiger partial charge in [0, 0.05) is 12.6 Å². The molecule has 190 valence electrons. The van der Waals surface area contributed by atoms with Crippen LogP contribution >= 0.6 is 0 Å². The second-order valence-corrected chi connectivity index (χ2v) is 9.08. The monoisotopic (exact) mass is 498 g/mol. The SMILES string of the molecule is CCc1ccc(-c2ccc(C(F)(F)F)c(N(C)CCOc3ccc4c(c3)CC[C@H]4CC(=O)O)n2)cc1. The lowest BCUT2D eigenvalue weighted by Gasteiger charge is -2.23. The second kappa shape index (κ2) is 10.6. The summed E-state index contributed by atoms with van der Waals surface area (Å²) in [7, 11) is 1.57. The first-order valence-electron chi connectivity index (χ1n) is 12.0. The van der Waals surface area contributed by atoms with Crippen LogP contribution in [0.2, 0.25) is 0 Å². The number of benzene rings is 2. The van der Waals surface area contributed by atoms with Crippen molar-refractivity contribution in [2.24, 2.45) is 0 Å². The number of likely N-dealkylation sites (N-methyl/N-ethyl adjacent to an activating group) is 1. The van der Waals surface area contributed by atoms with E-state index in [0.717, 1.165) is 47.6 Å². The molecule has 0 radical (unpaired) electrons. The summed E-state index contributed by atoms with van der Waals surface area (Å²) in [6.45, 7) is 2.41. The smallest absolute Gasteiger partial charge is 0.419 e. The number of hydrogen-bond donors (Lipinski definition) is 1. The Labute approximate surface area is 208 Å². The zero-order valence-corrected chi connectivity index (χ0v) is 20.3. The van der Waals surface area contributed by atoms with E-state index < -0.39 is 17.7 Å². The van der Waals surface area contributed by atoms with Gasteiger partial charge in [-0.3, -0.25) is 4.79 Å². The van der Waals surface area contributed by atoms with Crippen molar-refractivity contribution < 1.29 is 27.8 Å². The minimum Gasteiger partial charge on any atom is -0.492 e. The topological polar surface area (TPSA) is 62.7 Å². The number of fused-ring (bicyclic) bond motifs is 1. The molecule has 0 saturated carbocycles. The molecule has 1 aliphatic rings. The van der Waals surface area contributed by atoms with Crippen molar-refractivity contribution in [1.82, 2.24) is 4.98 Å². The Kier molecular flexibility index (Phi) is 7.52. The molecule has 0 aliphatic heterocycles. The minimum absolute atomic E-state index is 0.00926. The van der Waals surface area contributed by atoms with Gasteiger partial charge in [-0.15, -0.1) is 0 Å². The Hall–Kier alpha value is -3.55. The number of nitrogens with zero attached hydrogens (tertiary/aromatic N) is 2. The number of carbonyl (C=O) groups is 1. The summed E-state index contributed by atoms with van der Waals surface area (Å²) in [4.78, 5) is 16.9. The van der Waals surface area contributed by atoms with Crippen LogP contribution in [0.25, 0.3) is 11.3 Å². The maximum Gasteiger partial charge on any atom is 0.419 e. The first-order valence-corrected chi connectivity index (χ1v) is 12.0. The summed E-state index contributed by atoms with van der Waals surface area (Å²) in [5.41, 5.74) is 3.68. The van der Waals surface area contributed by atoms with Crippen LogP contribution in [0.3, 0.4) is 0 Å². The van der Waals surface area contributed by atoms with E-state index in [1.165, 1.54) is 11.0 Å². The van der Waals surface area contributed by atoms with Gasteiger partial charge in [-0.1, -0.05) is 37.3 Å². The number of anilines is 1. The Balaban J connectivity index is 1.47. The number of ether oxygens (including phenoxy) is 1. The fourth-order valence-corrected chi connectivity index (χ4v) is 4.63. The van der Waals surface area contributed by atoms with E-state index in [1.807, 2.05) is 43.3 Å². The number of carboxylic acids is 1. The average molecular weight is 499 g/mol. The van der Waals surface area contributed by atoms with E-state index in [0.29, 0.717) is 11.4 Å². The summed E-state index contributed by atoms with van der Waals surface area (Å²) < 4.78 is 47.0.